The number of hydrogen-bond donors (Lipinski definition) is 0. The van der Waals surface area contributed by atoms with Crippen molar-refractivity contribution in [3.05, 3.63) is 52.7 Å². The fourth-order valence-electron chi connectivity index (χ4n) is 3.70. The number of carbonyl (C=O) groups excluding carboxylic acids is 2. The van der Waals surface area contributed by atoms with Crippen LogP contribution in [0.15, 0.2) is 41.1 Å². The van der Waals surface area contributed by atoms with Crippen LogP contribution in [0.1, 0.15) is 37.2 Å². The normalized spacial score (nSPS) is 16.5. The minimum atomic E-state index is -3.56. The molecule has 0 saturated heterocycles. The summed E-state index contributed by atoms with van der Waals surface area (Å²) in [6.45, 7) is 0. The number of rotatable bonds is 5. The maximum Gasteiger partial charge on any atom is 0.350 e. The lowest BCUT2D eigenvalue weighted by Crippen LogP contribution is -2.39. The summed E-state index contributed by atoms with van der Waals surface area (Å²) in [6.07, 6.45) is 5.73. The molecule has 2 aliphatic rings. The third-order valence-corrected chi connectivity index (χ3v) is 6.27. The van der Waals surface area contributed by atoms with E-state index in [1.807, 2.05) is 0 Å². The predicted octanol–water partition coefficient (Wildman–Crippen LogP) is 3.35. The Morgan fingerprint density at radius 2 is 1.64 bits per heavy atom. The molecular weight excluding hydrogens is 500 g/mol. The fourth-order valence-corrected chi connectivity index (χ4v) is 4.04. The molecule has 2 saturated carbocycles. The van der Waals surface area contributed by atoms with Gasteiger partial charge in [-0.2, -0.15) is 13.9 Å². The molecule has 0 atom stereocenters. The Bertz CT molecular complexity index is 1420. The van der Waals surface area contributed by atoms with Crippen molar-refractivity contribution in [3.63, 3.8) is 0 Å². The van der Waals surface area contributed by atoms with Crippen LogP contribution in [0.4, 0.5) is 14.6 Å². The van der Waals surface area contributed by atoms with E-state index in [1.54, 1.807) is 12.1 Å². The van der Waals surface area contributed by atoms with E-state index in [1.165, 1.54) is 22.9 Å². The first-order valence-corrected chi connectivity index (χ1v) is 11.3. The topological polar surface area (TPSA) is 97.8 Å². The van der Waals surface area contributed by atoms with Crippen molar-refractivity contribution in [2.75, 3.05) is 4.90 Å². The zero-order valence-corrected chi connectivity index (χ0v) is 18.6. The van der Waals surface area contributed by atoms with Gasteiger partial charge < -0.3 is 0 Å². The van der Waals surface area contributed by atoms with Crippen LogP contribution in [0.25, 0.3) is 11.3 Å². The highest BCUT2D eigenvalue weighted by Gasteiger charge is 2.44. The smallest absolute Gasteiger partial charge is 0.280 e. The van der Waals surface area contributed by atoms with E-state index in [-0.39, 0.29) is 40.8 Å². The van der Waals surface area contributed by atoms with Crippen LogP contribution in [0.3, 0.4) is 0 Å². The maximum atomic E-state index is 15.4. The number of fused-ring (bicyclic) bond motifs is 2. The molecular formula is C21H16BrF2N7O2. The van der Waals surface area contributed by atoms with Gasteiger partial charge in [0.05, 0.1) is 6.20 Å². The largest absolute Gasteiger partial charge is 0.350 e. The molecule has 0 aliphatic heterocycles. The van der Waals surface area contributed by atoms with E-state index >= 15 is 8.78 Å². The summed E-state index contributed by atoms with van der Waals surface area (Å²) in [4.78, 5) is 31.0. The van der Waals surface area contributed by atoms with E-state index in [4.69, 9.17) is 0 Å². The number of nitrogens with zero attached hydrogens (tertiary/aromatic N) is 7. The second kappa shape index (κ2) is 7.11. The fraction of sp³-hybridized carbons (Fsp3) is 0.333. The first kappa shape index (κ1) is 20.3. The highest BCUT2D eigenvalue weighted by atomic mass is 79.9. The second-order valence-corrected chi connectivity index (χ2v) is 9.27. The molecule has 0 aromatic carbocycles. The lowest BCUT2D eigenvalue weighted by Gasteiger charge is -2.17. The Labute approximate surface area is 193 Å². The zero-order valence-electron chi connectivity index (χ0n) is 17.0. The van der Waals surface area contributed by atoms with Gasteiger partial charge in [-0.25, -0.2) is 14.4 Å². The van der Waals surface area contributed by atoms with E-state index in [2.05, 4.69) is 36.2 Å². The summed E-state index contributed by atoms with van der Waals surface area (Å²) < 4.78 is 33.8. The van der Waals surface area contributed by atoms with E-state index in [0.29, 0.717) is 4.47 Å². The summed E-state index contributed by atoms with van der Waals surface area (Å²) in [5.41, 5.74) is -0.0518. The van der Waals surface area contributed by atoms with Crippen LogP contribution in [0.5, 0.6) is 0 Å². The molecule has 0 bridgehead atoms. The van der Waals surface area contributed by atoms with Gasteiger partial charge in [0.2, 0.25) is 17.6 Å². The Hall–Kier alpha value is -3.28. The highest BCUT2D eigenvalue weighted by molar-refractivity contribution is 9.10. The molecule has 6 rings (SSSR count). The molecule has 12 heteroatoms. The number of pyridine rings is 1. The van der Waals surface area contributed by atoms with Crippen LogP contribution >= 0.6 is 15.9 Å². The second-order valence-electron chi connectivity index (χ2n) is 8.35. The van der Waals surface area contributed by atoms with Crippen LogP contribution in [-0.2, 0) is 15.5 Å². The van der Waals surface area contributed by atoms with Gasteiger partial charge in [-0.15, -0.1) is 10.2 Å². The van der Waals surface area contributed by atoms with E-state index < -0.39 is 17.4 Å². The Morgan fingerprint density at radius 3 is 2.30 bits per heavy atom. The molecule has 4 aromatic rings. The van der Waals surface area contributed by atoms with Gasteiger partial charge >= 0.3 is 5.92 Å². The van der Waals surface area contributed by atoms with Crippen molar-refractivity contribution in [1.82, 2.24) is 29.2 Å². The summed E-state index contributed by atoms with van der Waals surface area (Å²) >= 11 is 3.27. The maximum absolute atomic E-state index is 15.4. The first-order valence-electron chi connectivity index (χ1n) is 10.5. The molecule has 4 heterocycles. The third-order valence-electron chi connectivity index (χ3n) is 5.80. The van der Waals surface area contributed by atoms with E-state index in [9.17, 15) is 9.59 Å². The summed E-state index contributed by atoms with van der Waals surface area (Å²) in [7, 11) is 0. The average Bonchev–Trinajstić information content (AvgIpc) is 3.71. The van der Waals surface area contributed by atoms with Crippen molar-refractivity contribution < 1.29 is 18.4 Å². The SMILES string of the molecule is O=C(C1CC1)N(C(=O)C1CC1)c1cn2nc(C(F)(F)c3nnc4ccc(Br)cn34)ccc2n1. The van der Waals surface area contributed by atoms with Gasteiger partial charge in [0.25, 0.3) is 0 Å². The van der Waals surface area contributed by atoms with Gasteiger partial charge in [-0.05, 0) is 65.9 Å². The minimum Gasteiger partial charge on any atom is -0.280 e. The van der Waals surface area contributed by atoms with Crippen molar-refractivity contribution in [1.29, 1.82) is 0 Å². The molecule has 0 radical (unpaired) electrons. The van der Waals surface area contributed by atoms with Gasteiger partial charge in [0.1, 0.15) is 5.69 Å². The average molecular weight is 516 g/mol. The molecule has 0 N–H and O–H groups in total. The zero-order chi connectivity index (χ0) is 22.9. The molecule has 9 nitrogen and oxygen atoms in total. The van der Waals surface area contributed by atoms with E-state index in [0.717, 1.165) is 41.2 Å². The molecule has 0 unspecified atom stereocenters. The quantitative estimate of drug-likeness (QED) is 0.378. The lowest BCUT2D eigenvalue weighted by atomic mass is 10.2. The van der Waals surface area contributed by atoms with Crippen LogP contribution < -0.4 is 4.90 Å². The number of aromatic nitrogens is 6. The number of imidazole rings is 1. The molecule has 33 heavy (non-hydrogen) atoms. The van der Waals surface area contributed by atoms with Gasteiger partial charge in [-0.3, -0.25) is 14.0 Å². The van der Waals surface area contributed by atoms with Crippen molar-refractivity contribution in [2.24, 2.45) is 11.8 Å². The van der Waals surface area contributed by atoms with Crippen molar-refractivity contribution in [3.8, 4) is 0 Å². The molecule has 168 valence electrons. The van der Waals surface area contributed by atoms with Gasteiger partial charge in [-0.1, -0.05) is 0 Å². The summed E-state index contributed by atoms with van der Waals surface area (Å²) in [6, 6.07) is 5.78. The van der Waals surface area contributed by atoms with Crippen LogP contribution in [0.2, 0.25) is 0 Å². The van der Waals surface area contributed by atoms with Crippen molar-refractivity contribution >= 4 is 44.9 Å². The number of alkyl halides is 2. The third kappa shape index (κ3) is 3.39. The molecule has 2 aliphatic carbocycles. The number of halogens is 3. The number of anilines is 1. The predicted molar refractivity (Wildman–Crippen MR) is 115 cm³/mol. The lowest BCUT2D eigenvalue weighted by molar-refractivity contribution is -0.127. The Kier molecular flexibility index (Phi) is 4.38. The molecule has 2 fully saturated rings. The number of hydrogen-bond acceptors (Lipinski definition) is 6. The molecule has 4 aromatic heterocycles. The Morgan fingerprint density at radius 1 is 0.970 bits per heavy atom. The highest BCUT2D eigenvalue weighted by Crippen LogP contribution is 2.38. The standard InChI is InChI=1S/C21H16BrF2N7O2/c22-13-5-7-16-26-27-20(29(16)9-13)21(23,24)14-6-8-15-25-17(10-30(15)28-14)31(18(32)11-1-2-11)19(33)12-3-4-12/h5-12H,1-4H2. The van der Waals surface area contributed by atoms with Crippen LogP contribution in [0, 0.1) is 11.8 Å². The van der Waals surface area contributed by atoms with Gasteiger partial charge in [0.15, 0.2) is 17.1 Å². The Balaban J connectivity index is 1.40. The van der Waals surface area contributed by atoms with Crippen LogP contribution in [-0.4, -0.2) is 41.0 Å². The molecule has 2 amide bonds. The van der Waals surface area contributed by atoms with Gasteiger partial charge in [0, 0.05) is 22.5 Å². The molecule has 0 spiro atoms. The number of imide groups is 1. The number of carbonyl (C=O) groups is 2. The monoisotopic (exact) mass is 515 g/mol. The minimum absolute atomic E-state index is 0.105. The summed E-state index contributed by atoms with van der Waals surface area (Å²) in [5.74, 6) is -5.00. The number of amides is 2. The first-order chi connectivity index (χ1) is 15.8. The van der Waals surface area contributed by atoms with Crippen molar-refractivity contribution in [2.45, 2.75) is 31.6 Å². The summed E-state index contributed by atoms with van der Waals surface area (Å²) in [5, 5.41) is 11.5.